The lowest BCUT2D eigenvalue weighted by atomic mass is 10.0. The molecule has 1 N–H and O–H groups in total. The quantitative estimate of drug-likeness (QED) is 0.912. The van der Waals surface area contributed by atoms with E-state index in [0.29, 0.717) is 12.1 Å². The van der Waals surface area contributed by atoms with E-state index in [9.17, 15) is 9.18 Å². The van der Waals surface area contributed by atoms with Crippen LogP contribution in [0.3, 0.4) is 0 Å². The Balaban J connectivity index is 1.90. The first-order valence-electron chi connectivity index (χ1n) is 6.85. The van der Waals surface area contributed by atoms with E-state index in [2.05, 4.69) is 24.1 Å². The summed E-state index contributed by atoms with van der Waals surface area (Å²) >= 11 is 0. The summed E-state index contributed by atoms with van der Waals surface area (Å²) in [6, 6.07) is 5.57. The van der Waals surface area contributed by atoms with E-state index in [0.717, 1.165) is 26.3 Å². The number of amides is 1. The minimum absolute atomic E-state index is 0.126. The summed E-state index contributed by atoms with van der Waals surface area (Å²) in [4.78, 5) is 14.3. The molecule has 20 heavy (non-hydrogen) atoms. The third-order valence-electron chi connectivity index (χ3n) is 3.66. The number of halogens is 1. The van der Waals surface area contributed by atoms with Gasteiger partial charge in [0.2, 0.25) is 0 Å². The molecule has 0 aromatic heterocycles. The Labute approximate surface area is 118 Å². The molecule has 0 saturated carbocycles. The lowest BCUT2D eigenvalue weighted by Gasteiger charge is -2.40. The molecular formula is C15H21FN2O2. The van der Waals surface area contributed by atoms with Gasteiger partial charge in [0.1, 0.15) is 5.82 Å². The number of morpholine rings is 1. The fraction of sp³-hybridized carbons (Fsp3) is 0.533. The molecule has 0 bridgehead atoms. The monoisotopic (exact) mass is 280 g/mol. The van der Waals surface area contributed by atoms with E-state index in [4.69, 9.17) is 4.74 Å². The van der Waals surface area contributed by atoms with Crippen molar-refractivity contribution in [3.63, 3.8) is 0 Å². The highest BCUT2D eigenvalue weighted by Crippen LogP contribution is 2.15. The molecule has 4 nitrogen and oxygen atoms in total. The van der Waals surface area contributed by atoms with E-state index < -0.39 is 0 Å². The number of ether oxygens (including phenoxy) is 1. The summed E-state index contributed by atoms with van der Waals surface area (Å²) in [5.41, 5.74) is 0.351. The molecule has 1 amide bonds. The van der Waals surface area contributed by atoms with Crippen LogP contribution in [0.15, 0.2) is 24.3 Å². The van der Waals surface area contributed by atoms with Gasteiger partial charge < -0.3 is 10.1 Å². The van der Waals surface area contributed by atoms with Crippen LogP contribution in [0.25, 0.3) is 0 Å². The number of nitrogens with one attached hydrogen (secondary N) is 1. The normalized spacial score (nSPS) is 16.9. The zero-order valence-electron chi connectivity index (χ0n) is 12.0. The topological polar surface area (TPSA) is 41.6 Å². The maximum atomic E-state index is 12.8. The lowest BCUT2D eigenvalue weighted by molar-refractivity contribution is -0.00923. The third-order valence-corrected chi connectivity index (χ3v) is 3.66. The second-order valence-corrected chi connectivity index (χ2v) is 5.60. The Bertz CT molecular complexity index is 453. The Morgan fingerprint density at radius 3 is 2.50 bits per heavy atom. The van der Waals surface area contributed by atoms with Crippen molar-refractivity contribution in [3.8, 4) is 0 Å². The maximum Gasteiger partial charge on any atom is 0.251 e. The maximum absolute atomic E-state index is 12.8. The average molecular weight is 280 g/mol. The molecule has 1 aliphatic heterocycles. The van der Waals surface area contributed by atoms with Crippen molar-refractivity contribution in [3.05, 3.63) is 35.6 Å². The molecule has 1 saturated heterocycles. The molecule has 0 radical (unpaired) electrons. The van der Waals surface area contributed by atoms with Crippen LogP contribution < -0.4 is 5.32 Å². The van der Waals surface area contributed by atoms with Gasteiger partial charge in [-0.15, -0.1) is 0 Å². The predicted molar refractivity (Wildman–Crippen MR) is 75.2 cm³/mol. The summed E-state index contributed by atoms with van der Waals surface area (Å²) in [5, 5.41) is 2.91. The van der Waals surface area contributed by atoms with Gasteiger partial charge in [0, 0.05) is 30.7 Å². The molecule has 1 aliphatic rings. The second-order valence-electron chi connectivity index (χ2n) is 5.60. The summed E-state index contributed by atoms with van der Waals surface area (Å²) in [5.74, 6) is -0.512. The number of benzene rings is 1. The number of hydrogen-bond donors (Lipinski definition) is 1. The zero-order chi connectivity index (χ0) is 14.6. The number of nitrogens with zero attached hydrogens (tertiary/aromatic N) is 1. The summed E-state index contributed by atoms with van der Waals surface area (Å²) < 4.78 is 18.2. The first-order chi connectivity index (χ1) is 9.49. The number of rotatable bonds is 4. The van der Waals surface area contributed by atoms with Crippen molar-refractivity contribution >= 4 is 5.91 Å². The van der Waals surface area contributed by atoms with E-state index in [1.165, 1.54) is 24.3 Å². The van der Waals surface area contributed by atoms with Crippen molar-refractivity contribution in [1.29, 1.82) is 0 Å². The van der Waals surface area contributed by atoms with Crippen molar-refractivity contribution in [2.75, 3.05) is 32.8 Å². The SMILES string of the molecule is CC(C)(CNC(=O)c1ccc(F)cc1)N1CCOCC1. The van der Waals surface area contributed by atoms with Crippen LogP contribution in [0.1, 0.15) is 24.2 Å². The van der Waals surface area contributed by atoms with Gasteiger partial charge in [-0.25, -0.2) is 4.39 Å². The van der Waals surface area contributed by atoms with E-state index in [-0.39, 0.29) is 17.3 Å². The molecule has 2 rings (SSSR count). The van der Waals surface area contributed by atoms with Crippen LogP contribution in [0.2, 0.25) is 0 Å². The first kappa shape index (κ1) is 14.9. The number of carbonyl (C=O) groups excluding carboxylic acids is 1. The Hall–Kier alpha value is -1.46. The van der Waals surface area contributed by atoms with Crippen LogP contribution in [0.5, 0.6) is 0 Å². The predicted octanol–water partition coefficient (Wildman–Crippen LogP) is 1.67. The van der Waals surface area contributed by atoms with Crippen LogP contribution in [0.4, 0.5) is 4.39 Å². The number of hydrogen-bond acceptors (Lipinski definition) is 3. The molecule has 0 unspecified atom stereocenters. The van der Waals surface area contributed by atoms with Gasteiger partial charge in [0.15, 0.2) is 0 Å². The molecule has 1 aromatic rings. The van der Waals surface area contributed by atoms with Crippen LogP contribution in [0, 0.1) is 5.82 Å². The second kappa shape index (κ2) is 6.33. The molecule has 5 heteroatoms. The van der Waals surface area contributed by atoms with E-state index in [1.54, 1.807) is 0 Å². The first-order valence-corrected chi connectivity index (χ1v) is 6.85. The third kappa shape index (κ3) is 3.77. The highest BCUT2D eigenvalue weighted by atomic mass is 19.1. The van der Waals surface area contributed by atoms with Gasteiger partial charge in [0.05, 0.1) is 13.2 Å². The van der Waals surface area contributed by atoms with Gasteiger partial charge in [-0.1, -0.05) is 0 Å². The van der Waals surface area contributed by atoms with Gasteiger partial charge in [-0.3, -0.25) is 9.69 Å². The van der Waals surface area contributed by atoms with Crippen LogP contribution in [-0.4, -0.2) is 49.2 Å². The van der Waals surface area contributed by atoms with Crippen molar-refractivity contribution < 1.29 is 13.9 Å². The zero-order valence-corrected chi connectivity index (χ0v) is 12.0. The van der Waals surface area contributed by atoms with Gasteiger partial charge in [-0.05, 0) is 38.1 Å². The summed E-state index contributed by atoms with van der Waals surface area (Å²) in [7, 11) is 0. The molecule has 1 heterocycles. The molecular weight excluding hydrogens is 259 g/mol. The molecule has 0 atom stereocenters. The lowest BCUT2D eigenvalue weighted by Crippen LogP contribution is -2.55. The van der Waals surface area contributed by atoms with Crippen molar-refractivity contribution in [2.45, 2.75) is 19.4 Å². The van der Waals surface area contributed by atoms with Crippen molar-refractivity contribution in [1.82, 2.24) is 10.2 Å². The largest absolute Gasteiger partial charge is 0.379 e. The average Bonchev–Trinajstić information content (AvgIpc) is 2.46. The van der Waals surface area contributed by atoms with Crippen molar-refractivity contribution in [2.24, 2.45) is 0 Å². The minimum Gasteiger partial charge on any atom is -0.379 e. The smallest absolute Gasteiger partial charge is 0.251 e. The highest BCUT2D eigenvalue weighted by molar-refractivity contribution is 5.94. The summed E-state index contributed by atoms with van der Waals surface area (Å²) in [6.07, 6.45) is 0. The van der Waals surface area contributed by atoms with E-state index in [1.807, 2.05) is 0 Å². The Morgan fingerprint density at radius 1 is 1.30 bits per heavy atom. The van der Waals surface area contributed by atoms with Gasteiger partial charge >= 0.3 is 0 Å². The molecule has 0 spiro atoms. The minimum atomic E-state index is -0.338. The van der Waals surface area contributed by atoms with Gasteiger partial charge in [-0.2, -0.15) is 0 Å². The fourth-order valence-electron chi connectivity index (χ4n) is 2.28. The molecule has 1 fully saturated rings. The summed E-state index contributed by atoms with van der Waals surface area (Å²) in [6.45, 7) is 7.96. The Morgan fingerprint density at radius 2 is 1.90 bits per heavy atom. The number of carbonyl (C=O) groups is 1. The highest BCUT2D eigenvalue weighted by Gasteiger charge is 2.28. The Kier molecular flexibility index (Phi) is 4.73. The van der Waals surface area contributed by atoms with Crippen LogP contribution in [-0.2, 0) is 4.74 Å². The fourth-order valence-corrected chi connectivity index (χ4v) is 2.28. The van der Waals surface area contributed by atoms with Crippen LogP contribution >= 0.6 is 0 Å². The molecule has 110 valence electrons. The van der Waals surface area contributed by atoms with E-state index >= 15 is 0 Å². The van der Waals surface area contributed by atoms with Gasteiger partial charge in [0.25, 0.3) is 5.91 Å². The standard InChI is InChI=1S/C15H21FN2O2/c1-15(2,18-7-9-20-10-8-18)11-17-14(19)12-3-5-13(16)6-4-12/h3-6H,7-11H2,1-2H3,(H,17,19). The molecule has 1 aromatic carbocycles. The molecule has 0 aliphatic carbocycles.